The molecule has 1 unspecified atom stereocenters. The lowest BCUT2D eigenvalue weighted by Gasteiger charge is -2.21. The topological polar surface area (TPSA) is 84.2 Å². The van der Waals surface area contributed by atoms with Crippen molar-refractivity contribution >= 4 is 22.5 Å². The summed E-state index contributed by atoms with van der Waals surface area (Å²) in [6, 6.07) is 5.41. The predicted octanol–water partition coefficient (Wildman–Crippen LogP) is 1.40. The van der Waals surface area contributed by atoms with Crippen molar-refractivity contribution in [3.05, 3.63) is 23.9 Å². The summed E-state index contributed by atoms with van der Waals surface area (Å²) in [4.78, 5) is 14.4. The molecule has 1 amide bonds. The lowest BCUT2D eigenvalue weighted by molar-refractivity contribution is 0.0560. The Morgan fingerprint density at radius 1 is 1.55 bits per heavy atom. The minimum Gasteiger partial charge on any atom is -0.399 e. The quantitative estimate of drug-likeness (QED) is 0.770. The Hall–Kier alpha value is -2.08. The number of nitrogen functional groups attached to an aromatic ring is 1. The fourth-order valence-electron chi connectivity index (χ4n) is 2.52. The van der Waals surface area contributed by atoms with Crippen LogP contribution in [0, 0.1) is 0 Å². The summed E-state index contributed by atoms with van der Waals surface area (Å²) in [7, 11) is 0. The molecule has 3 N–H and O–H groups in total. The van der Waals surface area contributed by atoms with Crippen LogP contribution in [0.5, 0.6) is 0 Å². The molecule has 1 aliphatic heterocycles. The summed E-state index contributed by atoms with van der Waals surface area (Å²) < 4.78 is 5.57. The number of fused-ring (bicyclic) bond motifs is 1. The molecule has 6 heteroatoms. The first-order chi connectivity index (χ1) is 9.65. The normalized spacial score (nSPS) is 20.1. The zero-order chi connectivity index (χ0) is 14.1. The van der Waals surface area contributed by atoms with Crippen molar-refractivity contribution in [2.75, 3.05) is 25.4 Å². The average molecular weight is 274 g/mol. The molecule has 2 heterocycles. The van der Waals surface area contributed by atoms with E-state index in [2.05, 4.69) is 10.2 Å². The molecule has 1 atom stereocenters. The molecule has 0 saturated carbocycles. The van der Waals surface area contributed by atoms with Gasteiger partial charge < -0.3 is 15.4 Å². The van der Waals surface area contributed by atoms with E-state index < -0.39 is 0 Å². The summed E-state index contributed by atoms with van der Waals surface area (Å²) in [6.07, 6.45) is 0.900. The number of nitrogens with zero attached hydrogens (tertiary/aromatic N) is 2. The van der Waals surface area contributed by atoms with E-state index in [1.807, 2.05) is 13.0 Å². The van der Waals surface area contributed by atoms with Crippen molar-refractivity contribution in [2.24, 2.45) is 0 Å². The Morgan fingerprint density at radius 3 is 3.25 bits per heavy atom. The number of rotatable bonds is 1. The number of carbonyl (C=O) groups is 1. The molecular formula is C14H18N4O2. The standard InChI is InChI=1S/C14H18N4O2/c1-9-8-18(5-2-6-20-9)14(19)13-11-7-10(15)3-4-12(11)16-17-13/h3-4,7,9H,2,5-6,8,15H2,1H3,(H,16,17). The van der Waals surface area contributed by atoms with Gasteiger partial charge in [-0.2, -0.15) is 5.10 Å². The minimum absolute atomic E-state index is 0.0525. The zero-order valence-electron chi connectivity index (χ0n) is 11.4. The number of anilines is 1. The summed E-state index contributed by atoms with van der Waals surface area (Å²) in [5, 5.41) is 7.80. The number of aromatic amines is 1. The maximum Gasteiger partial charge on any atom is 0.275 e. The maximum atomic E-state index is 12.6. The van der Waals surface area contributed by atoms with E-state index in [0.29, 0.717) is 31.1 Å². The van der Waals surface area contributed by atoms with Crippen LogP contribution in [0.1, 0.15) is 23.8 Å². The molecular weight excluding hydrogens is 256 g/mol. The average Bonchev–Trinajstić information content (AvgIpc) is 2.71. The second kappa shape index (κ2) is 5.13. The van der Waals surface area contributed by atoms with Crippen molar-refractivity contribution in [2.45, 2.75) is 19.4 Å². The van der Waals surface area contributed by atoms with E-state index in [9.17, 15) is 4.79 Å². The molecule has 0 spiro atoms. The molecule has 0 radical (unpaired) electrons. The van der Waals surface area contributed by atoms with Gasteiger partial charge in [-0.3, -0.25) is 9.89 Å². The smallest absolute Gasteiger partial charge is 0.275 e. The fourth-order valence-corrected chi connectivity index (χ4v) is 2.52. The highest BCUT2D eigenvalue weighted by Crippen LogP contribution is 2.21. The van der Waals surface area contributed by atoms with Crippen LogP contribution in [0.2, 0.25) is 0 Å². The molecule has 1 aromatic heterocycles. The van der Waals surface area contributed by atoms with Gasteiger partial charge in [0.15, 0.2) is 5.69 Å². The Bertz CT molecular complexity index is 637. The number of carbonyl (C=O) groups excluding carboxylic acids is 1. The van der Waals surface area contributed by atoms with E-state index in [0.717, 1.165) is 17.3 Å². The summed E-state index contributed by atoms with van der Waals surface area (Å²) in [6.45, 7) is 3.96. The molecule has 1 aromatic carbocycles. The highest BCUT2D eigenvalue weighted by atomic mass is 16.5. The van der Waals surface area contributed by atoms with Crippen LogP contribution < -0.4 is 5.73 Å². The molecule has 3 rings (SSSR count). The molecule has 0 bridgehead atoms. The van der Waals surface area contributed by atoms with Crippen molar-refractivity contribution in [3.8, 4) is 0 Å². The predicted molar refractivity (Wildman–Crippen MR) is 76.4 cm³/mol. The SMILES string of the molecule is CC1CN(C(=O)c2n[nH]c3ccc(N)cc23)CCCO1. The molecule has 1 aliphatic rings. The third-order valence-corrected chi connectivity index (χ3v) is 3.53. The summed E-state index contributed by atoms with van der Waals surface area (Å²) in [5.74, 6) is -0.0702. The molecule has 20 heavy (non-hydrogen) atoms. The van der Waals surface area contributed by atoms with E-state index in [4.69, 9.17) is 10.5 Å². The van der Waals surface area contributed by atoms with E-state index >= 15 is 0 Å². The van der Waals surface area contributed by atoms with Gasteiger partial charge in [-0.15, -0.1) is 0 Å². The van der Waals surface area contributed by atoms with Crippen molar-refractivity contribution in [3.63, 3.8) is 0 Å². The van der Waals surface area contributed by atoms with Crippen LogP contribution >= 0.6 is 0 Å². The third-order valence-electron chi connectivity index (χ3n) is 3.53. The number of H-pyrrole nitrogens is 1. The van der Waals surface area contributed by atoms with E-state index in [-0.39, 0.29) is 12.0 Å². The summed E-state index contributed by atoms with van der Waals surface area (Å²) in [5.41, 5.74) is 7.67. The van der Waals surface area contributed by atoms with Crippen LogP contribution in [0.3, 0.4) is 0 Å². The molecule has 1 fully saturated rings. The van der Waals surface area contributed by atoms with Crippen molar-refractivity contribution in [1.29, 1.82) is 0 Å². The zero-order valence-corrected chi connectivity index (χ0v) is 11.4. The third kappa shape index (κ3) is 2.34. The van der Waals surface area contributed by atoms with Crippen molar-refractivity contribution < 1.29 is 9.53 Å². The van der Waals surface area contributed by atoms with Gasteiger partial charge in [-0.05, 0) is 31.5 Å². The summed E-state index contributed by atoms with van der Waals surface area (Å²) >= 11 is 0. The van der Waals surface area contributed by atoms with Gasteiger partial charge in [-0.1, -0.05) is 0 Å². The number of hydrogen-bond donors (Lipinski definition) is 2. The van der Waals surface area contributed by atoms with Gasteiger partial charge in [-0.25, -0.2) is 0 Å². The first kappa shape index (κ1) is 12.9. The lowest BCUT2D eigenvalue weighted by Crippen LogP contribution is -2.36. The minimum atomic E-state index is -0.0702. The van der Waals surface area contributed by atoms with Crippen LogP contribution in [0.4, 0.5) is 5.69 Å². The molecule has 106 valence electrons. The van der Waals surface area contributed by atoms with Gasteiger partial charge in [0, 0.05) is 30.8 Å². The van der Waals surface area contributed by atoms with Crippen LogP contribution in [0.25, 0.3) is 10.9 Å². The highest BCUT2D eigenvalue weighted by Gasteiger charge is 2.24. The van der Waals surface area contributed by atoms with Crippen LogP contribution in [0.15, 0.2) is 18.2 Å². The highest BCUT2D eigenvalue weighted by molar-refractivity contribution is 6.05. The Labute approximate surface area is 116 Å². The van der Waals surface area contributed by atoms with Gasteiger partial charge in [0.1, 0.15) is 0 Å². The number of hydrogen-bond acceptors (Lipinski definition) is 4. The first-order valence-corrected chi connectivity index (χ1v) is 6.79. The Kier molecular flexibility index (Phi) is 3.31. The number of amides is 1. The van der Waals surface area contributed by atoms with Gasteiger partial charge in [0.25, 0.3) is 5.91 Å². The van der Waals surface area contributed by atoms with Gasteiger partial charge >= 0.3 is 0 Å². The monoisotopic (exact) mass is 274 g/mol. The van der Waals surface area contributed by atoms with E-state index in [1.165, 1.54) is 0 Å². The number of benzene rings is 1. The number of nitrogens with one attached hydrogen (secondary N) is 1. The Morgan fingerprint density at radius 2 is 2.40 bits per heavy atom. The lowest BCUT2D eigenvalue weighted by atomic mass is 10.1. The fraction of sp³-hybridized carbons (Fsp3) is 0.429. The number of nitrogens with two attached hydrogens (primary N) is 1. The van der Waals surface area contributed by atoms with Crippen LogP contribution in [-0.4, -0.2) is 46.8 Å². The molecule has 2 aromatic rings. The van der Waals surface area contributed by atoms with Crippen LogP contribution in [-0.2, 0) is 4.74 Å². The second-order valence-electron chi connectivity index (χ2n) is 5.16. The second-order valence-corrected chi connectivity index (χ2v) is 5.16. The van der Waals surface area contributed by atoms with Crippen molar-refractivity contribution in [1.82, 2.24) is 15.1 Å². The molecule has 1 saturated heterocycles. The van der Waals surface area contributed by atoms with E-state index in [1.54, 1.807) is 17.0 Å². The Balaban J connectivity index is 1.93. The largest absolute Gasteiger partial charge is 0.399 e. The molecule has 0 aliphatic carbocycles. The number of aromatic nitrogens is 2. The first-order valence-electron chi connectivity index (χ1n) is 6.79. The van der Waals surface area contributed by atoms with Gasteiger partial charge in [0.05, 0.1) is 11.6 Å². The van der Waals surface area contributed by atoms with Gasteiger partial charge in [0.2, 0.25) is 0 Å². The molecule has 6 nitrogen and oxygen atoms in total. The number of ether oxygens (including phenoxy) is 1. The maximum absolute atomic E-state index is 12.6.